The number of hydrogen-bond acceptors (Lipinski definition) is 4. The molecule has 1 unspecified atom stereocenters. The molecule has 0 amide bonds. The predicted molar refractivity (Wildman–Crippen MR) is 94.3 cm³/mol. The van der Waals surface area contributed by atoms with Crippen LogP contribution in [0.15, 0.2) is 36.4 Å². The predicted octanol–water partition coefficient (Wildman–Crippen LogP) is 3.71. The number of ether oxygens (including phenoxy) is 1. The first-order valence-corrected chi connectivity index (χ1v) is 9.03. The van der Waals surface area contributed by atoms with E-state index in [0.717, 1.165) is 16.8 Å². The summed E-state index contributed by atoms with van der Waals surface area (Å²) in [5.41, 5.74) is 3.22. The van der Waals surface area contributed by atoms with Crippen LogP contribution in [-0.4, -0.2) is 17.6 Å². The topological polar surface area (TPSA) is 62.1 Å². The lowest BCUT2D eigenvalue weighted by atomic mass is 10.1. The summed E-state index contributed by atoms with van der Waals surface area (Å²) >= 11 is 6.12. The molecule has 0 fully saturated rings. The van der Waals surface area contributed by atoms with Crippen molar-refractivity contribution < 1.29 is 8.95 Å². The third-order valence-corrected chi connectivity index (χ3v) is 4.37. The van der Waals surface area contributed by atoms with E-state index in [0.29, 0.717) is 28.6 Å². The third-order valence-electron chi connectivity index (χ3n) is 3.29. The van der Waals surface area contributed by atoms with Gasteiger partial charge in [-0.05, 0) is 41.5 Å². The van der Waals surface area contributed by atoms with Crippen molar-refractivity contribution in [3.8, 4) is 11.8 Å². The minimum atomic E-state index is -0.945. The SMILES string of the molecule is COc1ccc(CNc2ccc(Cl)c(CS(C)=O)c2)cc1C#N. The van der Waals surface area contributed by atoms with Gasteiger partial charge in [0.05, 0.1) is 12.7 Å². The van der Waals surface area contributed by atoms with Crippen LogP contribution in [0, 0.1) is 11.3 Å². The molecule has 0 saturated carbocycles. The lowest BCUT2D eigenvalue weighted by Gasteiger charge is -2.11. The van der Waals surface area contributed by atoms with E-state index in [1.54, 1.807) is 31.6 Å². The normalized spacial score (nSPS) is 11.6. The first kappa shape index (κ1) is 17.3. The van der Waals surface area contributed by atoms with E-state index >= 15 is 0 Å². The van der Waals surface area contributed by atoms with E-state index in [2.05, 4.69) is 11.4 Å². The average molecular weight is 349 g/mol. The molecule has 0 radical (unpaired) electrons. The molecule has 1 N–H and O–H groups in total. The van der Waals surface area contributed by atoms with Crippen molar-refractivity contribution in [1.82, 2.24) is 0 Å². The second kappa shape index (κ2) is 8.00. The molecule has 0 aliphatic rings. The Hall–Kier alpha value is -2.03. The van der Waals surface area contributed by atoms with Crippen molar-refractivity contribution in [3.63, 3.8) is 0 Å². The minimum Gasteiger partial charge on any atom is -0.495 e. The number of anilines is 1. The molecular weight excluding hydrogens is 332 g/mol. The molecule has 2 aromatic rings. The van der Waals surface area contributed by atoms with Crippen molar-refractivity contribution in [1.29, 1.82) is 5.26 Å². The molecule has 0 aromatic heterocycles. The quantitative estimate of drug-likeness (QED) is 0.864. The van der Waals surface area contributed by atoms with Crippen LogP contribution in [0.1, 0.15) is 16.7 Å². The number of nitrogens with zero attached hydrogens (tertiary/aromatic N) is 1. The Bertz CT molecular complexity index is 772. The lowest BCUT2D eigenvalue weighted by Crippen LogP contribution is -2.02. The van der Waals surface area contributed by atoms with Gasteiger partial charge >= 0.3 is 0 Å². The Morgan fingerprint density at radius 2 is 2.09 bits per heavy atom. The van der Waals surface area contributed by atoms with Gasteiger partial charge in [0.25, 0.3) is 0 Å². The summed E-state index contributed by atoms with van der Waals surface area (Å²) < 4.78 is 16.5. The number of benzene rings is 2. The van der Waals surface area contributed by atoms with Gasteiger partial charge in [0.15, 0.2) is 0 Å². The van der Waals surface area contributed by atoms with Crippen molar-refractivity contribution in [2.75, 3.05) is 18.7 Å². The molecule has 1 atom stereocenters. The van der Waals surface area contributed by atoms with Crippen molar-refractivity contribution in [2.45, 2.75) is 12.3 Å². The molecule has 4 nitrogen and oxygen atoms in total. The van der Waals surface area contributed by atoms with E-state index < -0.39 is 10.8 Å². The summed E-state index contributed by atoms with van der Waals surface area (Å²) in [7, 11) is 0.597. The highest BCUT2D eigenvalue weighted by atomic mass is 35.5. The summed E-state index contributed by atoms with van der Waals surface area (Å²) in [6, 6.07) is 13.2. The number of halogens is 1. The second-order valence-electron chi connectivity index (χ2n) is 5.02. The van der Waals surface area contributed by atoms with Gasteiger partial charge in [-0.3, -0.25) is 4.21 Å². The van der Waals surface area contributed by atoms with E-state index in [4.69, 9.17) is 21.6 Å². The van der Waals surface area contributed by atoms with Crippen LogP contribution in [0.3, 0.4) is 0 Å². The van der Waals surface area contributed by atoms with Crippen LogP contribution in [0.25, 0.3) is 0 Å². The molecule has 2 rings (SSSR count). The van der Waals surface area contributed by atoms with E-state index in [9.17, 15) is 4.21 Å². The zero-order valence-corrected chi connectivity index (χ0v) is 14.5. The number of nitriles is 1. The Balaban J connectivity index is 2.12. The van der Waals surface area contributed by atoms with Gasteiger partial charge in [0.2, 0.25) is 0 Å². The Morgan fingerprint density at radius 3 is 2.74 bits per heavy atom. The Labute approximate surface area is 143 Å². The van der Waals surface area contributed by atoms with Gasteiger partial charge in [-0.25, -0.2) is 0 Å². The highest BCUT2D eigenvalue weighted by Crippen LogP contribution is 2.23. The summed E-state index contributed by atoms with van der Waals surface area (Å²) in [6.45, 7) is 0.564. The van der Waals surface area contributed by atoms with Crippen LogP contribution in [0.5, 0.6) is 5.75 Å². The van der Waals surface area contributed by atoms with Gasteiger partial charge in [0, 0.05) is 40.1 Å². The molecule has 120 valence electrons. The molecule has 0 spiro atoms. The zero-order chi connectivity index (χ0) is 16.8. The fraction of sp³-hybridized carbons (Fsp3) is 0.235. The molecule has 0 aliphatic carbocycles. The van der Waals surface area contributed by atoms with Gasteiger partial charge < -0.3 is 10.1 Å². The van der Waals surface area contributed by atoms with Crippen LogP contribution in [-0.2, 0) is 23.1 Å². The molecule has 0 saturated heterocycles. The Kier molecular flexibility index (Phi) is 6.03. The molecule has 23 heavy (non-hydrogen) atoms. The maximum absolute atomic E-state index is 11.4. The smallest absolute Gasteiger partial charge is 0.136 e. The summed E-state index contributed by atoms with van der Waals surface area (Å²) in [6.07, 6.45) is 1.65. The highest BCUT2D eigenvalue weighted by molar-refractivity contribution is 7.83. The van der Waals surface area contributed by atoms with Gasteiger partial charge in [-0.2, -0.15) is 5.26 Å². The van der Waals surface area contributed by atoms with E-state index in [-0.39, 0.29) is 0 Å². The van der Waals surface area contributed by atoms with Gasteiger partial charge in [-0.1, -0.05) is 17.7 Å². The maximum Gasteiger partial charge on any atom is 0.136 e. The van der Waals surface area contributed by atoms with Crippen LogP contribution < -0.4 is 10.1 Å². The molecule has 0 aliphatic heterocycles. The summed E-state index contributed by atoms with van der Waals surface area (Å²) in [4.78, 5) is 0. The Morgan fingerprint density at radius 1 is 1.30 bits per heavy atom. The fourth-order valence-electron chi connectivity index (χ4n) is 2.17. The highest BCUT2D eigenvalue weighted by Gasteiger charge is 2.06. The molecule has 0 bridgehead atoms. The fourth-order valence-corrected chi connectivity index (χ4v) is 3.11. The standard InChI is InChI=1S/C17H17ClN2O2S/c1-22-17-6-3-12(7-13(17)9-19)10-20-15-4-5-16(18)14(8-15)11-23(2)21/h3-8,20H,10-11H2,1-2H3. The van der Waals surface area contributed by atoms with Gasteiger partial charge in [0.1, 0.15) is 11.8 Å². The van der Waals surface area contributed by atoms with Crippen molar-refractivity contribution >= 4 is 28.1 Å². The number of rotatable bonds is 6. The minimum absolute atomic E-state index is 0.426. The number of methoxy groups -OCH3 is 1. The monoisotopic (exact) mass is 348 g/mol. The number of nitrogens with one attached hydrogen (secondary N) is 1. The molecular formula is C17H17ClN2O2S. The first-order valence-electron chi connectivity index (χ1n) is 6.93. The molecule has 0 heterocycles. The van der Waals surface area contributed by atoms with Crippen molar-refractivity contribution in [2.24, 2.45) is 0 Å². The van der Waals surface area contributed by atoms with E-state index in [1.165, 1.54) is 0 Å². The summed E-state index contributed by atoms with van der Waals surface area (Å²) in [5.74, 6) is 0.991. The average Bonchev–Trinajstić information content (AvgIpc) is 2.54. The molecule has 6 heteroatoms. The first-order chi connectivity index (χ1) is 11.0. The van der Waals surface area contributed by atoms with Crippen LogP contribution in [0.2, 0.25) is 5.02 Å². The molecule has 2 aromatic carbocycles. The number of hydrogen-bond donors (Lipinski definition) is 1. The van der Waals surface area contributed by atoms with Gasteiger partial charge in [-0.15, -0.1) is 0 Å². The third kappa shape index (κ3) is 4.72. The summed E-state index contributed by atoms with van der Waals surface area (Å²) in [5, 5.41) is 13.0. The lowest BCUT2D eigenvalue weighted by molar-refractivity contribution is 0.413. The zero-order valence-electron chi connectivity index (χ0n) is 12.9. The van der Waals surface area contributed by atoms with Crippen molar-refractivity contribution in [3.05, 3.63) is 58.1 Å². The largest absolute Gasteiger partial charge is 0.495 e. The maximum atomic E-state index is 11.4. The van der Waals surface area contributed by atoms with Crippen LogP contribution in [0.4, 0.5) is 5.69 Å². The van der Waals surface area contributed by atoms with E-state index in [1.807, 2.05) is 18.2 Å². The van der Waals surface area contributed by atoms with Crippen LogP contribution >= 0.6 is 11.6 Å². The second-order valence-corrected chi connectivity index (χ2v) is 6.87.